The van der Waals surface area contributed by atoms with Gasteiger partial charge < -0.3 is 5.11 Å². The quantitative estimate of drug-likeness (QED) is 0.638. The molecular weight excluding hydrogens is 471 g/mol. The number of benzene rings is 2. The number of rotatable bonds is 3. The van der Waals surface area contributed by atoms with Crippen LogP contribution in [0.2, 0.25) is 0 Å². The smallest absolute Gasteiger partial charge is 0.0720 e. The summed E-state index contributed by atoms with van der Waals surface area (Å²) in [6.45, 7) is 5.20. The average molecular weight is 502 g/mol. The van der Waals surface area contributed by atoms with Crippen LogP contribution in [0.15, 0.2) is 48.5 Å². The Hall–Kier alpha value is -0.950. The van der Waals surface area contributed by atoms with E-state index in [-0.39, 0.29) is 12.1 Å². The molecule has 1 aliphatic carbocycles. The van der Waals surface area contributed by atoms with Gasteiger partial charge >= 0.3 is 0 Å². The van der Waals surface area contributed by atoms with E-state index in [0.29, 0.717) is 5.41 Å². The van der Waals surface area contributed by atoms with Crippen LogP contribution in [0.1, 0.15) is 42.4 Å². The molecule has 5 rings (SSSR count). The molecule has 0 aromatic heterocycles. The van der Waals surface area contributed by atoms with Crippen LogP contribution in [0.3, 0.4) is 0 Å². The first-order chi connectivity index (χ1) is 14.1. The van der Waals surface area contributed by atoms with Crippen molar-refractivity contribution in [2.24, 2.45) is 0 Å². The van der Waals surface area contributed by atoms with E-state index in [1.165, 1.54) is 34.8 Å². The fourth-order valence-corrected chi connectivity index (χ4v) is 6.48. The molecule has 0 amide bonds. The van der Waals surface area contributed by atoms with Crippen LogP contribution in [0.4, 0.5) is 0 Å². The standard InChI is InChI=1S/C25H31IN2O/c26-22-8-4-2-6-20(22)17-27-14-10-24(29)23(18-27)28-15-12-25(13-16-28)11-9-19-5-1-3-7-21(19)25/h1-8,23-24,29H,9-18H2. The minimum Gasteiger partial charge on any atom is -0.391 e. The predicted molar refractivity (Wildman–Crippen MR) is 126 cm³/mol. The van der Waals surface area contributed by atoms with Gasteiger partial charge in [0.15, 0.2) is 0 Å². The van der Waals surface area contributed by atoms with E-state index >= 15 is 0 Å². The molecule has 2 aromatic rings. The Morgan fingerprint density at radius 3 is 2.55 bits per heavy atom. The molecule has 1 N–H and O–H groups in total. The highest BCUT2D eigenvalue weighted by Crippen LogP contribution is 2.46. The van der Waals surface area contributed by atoms with Gasteiger partial charge in [-0.25, -0.2) is 0 Å². The second kappa shape index (κ2) is 8.29. The van der Waals surface area contributed by atoms with E-state index in [2.05, 4.69) is 80.9 Å². The van der Waals surface area contributed by atoms with Crippen molar-refractivity contribution < 1.29 is 5.11 Å². The van der Waals surface area contributed by atoms with Gasteiger partial charge in [0.1, 0.15) is 0 Å². The Balaban J connectivity index is 1.25. The normalized spacial score (nSPS) is 27.2. The molecular formula is C25H31IN2O. The summed E-state index contributed by atoms with van der Waals surface area (Å²) in [4.78, 5) is 5.14. The van der Waals surface area contributed by atoms with Gasteiger partial charge in [-0.2, -0.15) is 0 Å². The van der Waals surface area contributed by atoms with Crippen molar-refractivity contribution in [2.75, 3.05) is 26.2 Å². The first-order valence-corrected chi connectivity index (χ1v) is 12.2. The monoisotopic (exact) mass is 502 g/mol. The van der Waals surface area contributed by atoms with Gasteiger partial charge in [-0.1, -0.05) is 42.5 Å². The molecule has 0 bridgehead atoms. The van der Waals surface area contributed by atoms with Gasteiger partial charge in [0.25, 0.3) is 0 Å². The first-order valence-electron chi connectivity index (χ1n) is 11.1. The van der Waals surface area contributed by atoms with E-state index in [1.54, 1.807) is 11.1 Å². The lowest BCUT2D eigenvalue weighted by atomic mass is 9.73. The molecule has 4 heteroatoms. The average Bonchev–Trinajstić information content (AvgIpc) is 3.10. The van der Waals surface area contributed by atoms with Crippen LogP contribution in [0, 0.1) is 3.57 Å². The van der Waals surface area contributed by atoms with Crippen molar-refractivity contribution in [2.45, 2.75) is 56.2 Å². The maximum atomic E-state index is 10.8. The lowest BCUT2D eigenvalue weighted by Crippen LogP contribution is -2.57. The molecule has 2 atom stereocenters. The minimum absolute atomic E-state index is 0.189. The number of aliphatic hydroxyl groups excluding tert-OH is 1. The van der Waals surface area contributed by atoms with E-state index in [1.807, 2.05) is 0 Å². The number of aryl methyl sites for hydroxylation is 1. The van der Waals surface area contributed by atoms with Gasteiger partial charge in [-0.15, -0.1) is 0 Å². The van der Waals surface area contributed by atoms with Crippen molar-refractivity contribution in [1.82, 2.24) is 9.80 Å². The zero-order chi connectivity index (χ0) is 19.8. The van der Waals surface area contributed by atoms with Crippen LogP contribution < -0.4 is 0 Å². The predicted octanol–water partition coefficient (Wildman–Crippen LogP) is 4.21. The Morgan fingerprint density at radius 2 is 1.72 bits per heavy atom. The summed E-state index contributed by atoms with van der Waals surface area (Å²) < 4.78 is 1.34. The minimum atomic E-state index is -0.189. The molecule has 1 spiro atoms. The van der Waals surface area contributed by atoms with E-state index in [9.17, 15) is 5.11 Å². The molecule has 29 heavy (non-hydrogen) atoms. The summed E-state index contributed by atoms with van der Waals surface area (Å²) in [6.07, 6.45) is 5.73. The third kappa shape index (κ3) is 3.89. The second-order valence-electron chi connectivity index (χ2n) is 9.22. The second-order valence-corrected chi connectivity index (χ2v) is 10.4. The molecule has 2 aliphatic heterocycles. The Kier molecular flexibility index (Phi) is 5.71. The molecule has 3 aliphatic rings. The summed E-state index contributed by atoms with van der Waals surface area (Å²) in [6, 6.07) is 18.1. The van der Waals surface area contributed by atoms with Crippen molar-refractivity contribution in [3.8, 4) is 0 Å². The summed E-state index contributed by atoms with van der Waals surface area (Å²) >= 11 is 2.44. The van der Waals surface area contributed by atoms with E-state index < -0.39 is 0 Å². The Labute approximate surface area is 188 Å². The molecule has 2 heterocycles. The van der Waals surface area contributed by atoms with Crippen LogP contribution in [0.5, 0.6) is 0 Å². The largest absolute Gasteiger partial charge is 0.391 e. The molecule has 0 saturated carbocycles. The number of aliphatic hydroxyl groups is 1. The molecule has 154 valence electrons. The number of likely N-dealkylation sites (tertiary alicyclic amines) is 2. The van der Waals surface area contributed by atoms with Crippen LogP contribution in [0.25, 0.3) is 0 Å². The number of piperidine rings is 2. The lowest BCUT2D eigenvalue weighted by molar-refractivity contribution is -0.0285. The fraction of sp³-hybridized carbons (Fsp3) is 0.520. The lowest BCUT2D eigenvalue weighted by Gasteiger charge is -2.47. The maximum Gasteiger partial charge on any atom is 0.0720 e. The molecule has 2 fully saturated rings. The van der Waals surface area contributed by atoms with Gasteiger partial charge in [0.05, 0.1) is 6.10 Å². The highest BCUT2D eigenvalue weighted by molar-refractivity contribution is 14.1. The zero-order valence-corrected chi connectivity index (χ0v) is 19.2. The van der Waals surface area contributed by atoms with E-state index in [0.717, 1.165) is 39.1 Å². The van der Waals surface area contributed by atoms with Gasteiger partial charge in [-0.3, -0.25) is 9.80 Å². The van der Waals surface area contributed by atoms with Gasteiger partial charge in [0.2, 0.25) is 0 Å². The summed E-state index contributed by atoms with van der Waals surface area (Å²) in [5.74, 6) is 0. The number of hydrogen-bond acceptors (Lipinski definition) is 3. The van der Waals surface area contributed by atoms with Crippen LogP contribution in [-0.2, 0) is 18.4 Å². The topological polar surface area (TPSA) is 26.7 Å². The van der Waals surface area contributed by atoms with Gasteiger partial charge in [-0.05, 0) is 96.0 Å². The summed E-state index contributed by atoms with van der Waals surface area (Å²) in [5, 5.41) is 10.8. The first kappa shape index (κ1) is 20.0. The summed E-state index contributed by atoms with van der Waals surface area (Å²) in [7, 11) is 0. The molecule has 2 saturated heterocycles. The number of nitrogens with zero attached hydrogens (tertiary/aromatic N) is 2. The van der Waals surface area contributed by atoms with Crippen LogP contribution in [-0.4, -0.2) is 53.2 Å². The SMILES string of the molecule is OC1CCN(Cc2ccccc2I)CC1N1CCC2(CCc3ccccc32)CC1. The van der Waals surface area contributed by atoms with Crippen molar-refractivity contribution in [3.63, 3.8) is 0 Å². The van der Waals surface area contributed by atoms with Crippen LogP contribution >= 0.6 is 22.6 Å². The third-order valence-corrected chi connectivity index (χ3v) is 8.72. The fourth-order valence-electron chi connectivity index (χ4n) is 5.92. The third-order valence-electron chi connectivity index (χ3n) is 7.67. The Morgan fingerprint density at radius 1 is 0.966 bits per heavy atom. The van der Waals surface area contributed by atoms with E-state index in [4.69, 9.17) is 0 Å². The number of hydrogen-bond donors (Lipinski definition) is 1. The highest BCUT2D eigenvalue weighted by atomic mass is 127. The summed E-state index contributed by atoms with van der Waals surface area (Å²) in [5.41, 5.74) is 4.99. The molecule has 2 unspecified atom stereocenters. The number of fused-ring (bicyclic) bond motifs is 2. The molecule has 2 aromatic carbocycles. The number of halogens is 1. The molecule has 0 radical (unpaired) electrons. The zero-order valence-electron chi connectivity index (χ0n) is 17.1. The van der Waals surface area contributed by atoms with Crippen molar-refractivity contribution in [1.29, 1.82) is 0 Å². The van der Waals surface area contributed by atoms with Gasteiger partial charge in [0, 0.05) is 29.2 Å². The maximum absolute atomic E-state index is 10.8. The Bertz CT molecular complexity index is 861. The van der Waals surface area contributed by atoms with Crippen molar-refractivity contribution >= 4 is 22.6 Å². The molecule has 3 nitrogen and oxygen atoms in total. The highest BCUT2D eigenvalue weighted by Gasteiger charge is 2.43. The van der Waals surface area contributed by atoms with Crippen molar-refractivity contribution in [3.05, 3.63) is 68.8 Å².